The average Bonchev–Trinajstić information content (AvgIpc) is 3.14. The van der Waals surface area contributed by atoms with Gasteiger partial charge in [0.2, 0.25) is 5.91 Å². The van der Waals surface area contributed by atoms with Crippen molar-refractivity contribution in [2.24, 2.45) is 5.92 Å². The molecular formula is C22H28ClN5O. The van der Waals surface area contributed by atoms with E-state index in [-0.39, 0.29) is 11.9 Å². The Labute approximate surface area is 176 Å². The van der Waals surface area contributed by atoms with Gasteiger partial charge in [0.05, 0.1) is 6.04 Å². The lowest BCUT2D eigenvalue weighted by Crippen LogP contribution is -2.29. The lowest BCUT2D eigenvalue weighted by molar-refractivity contribution is -0.121. The van der Waals surface area contributed by atoms with Gasteiger partial charge in [-0.1, -0.05) is 37.6 Å². The van der Waals surface area contributed by atoms with Crippen LogP contribution in [0.15, 0.2) is 30.6 Å². The molecule has 0 saturated carbocycles. The van der Waals surface area contributed by atoms with E-state index in [0.717, 1.165) is 35.4 Å². The van der Waals surface area contributed by atoms with E-state index in [1.54, 1.807) is 4.52 Å². The number of carbonyl (C=O) groups is 1. The van der Waals surface area contributed by atoms with Gasteiger partial charge in [0.25, 0.3) is 5.78 Å². The highest BCUT2D eigenvalue weighted by molar-refractivity contribution is 6.30. The Hall–Kier alpha value is -2.47. The molecule has 6 nitrogen and oxygen atoms in total. The van der Waals surface area contributed by atoms with Crippen LogP contribution in [0.4, 0.5) is 0 Å². The summed E-state index contributed by atoms with van der Waals surface area (Å²) in [6.45, 7) is 8.33. The summed E-state index contributed by atoms with van der Waals surface area (Å²) >= 11 is 6.03. The molecule has 0 aliphatic carbocycles. The number of nitrogens with zero attached hydrogens (tertiary/aromatic N) is 4. The third-order valence-electron chi connectivity index (χ3n) is 5.23. The Morgan fingerprint density at radius 1 is 1.17 bits per heavy atom. The minimum absolute atomic E-state index is 0.0136. The maximum atomic E-state index is 12.8. The second-order valence-electron chi connectivity index (χ2n) is 7.88. The van der Waals surface area contributed by atoms with E-state index >= 15 is 0 Å². The zero-order valence-electron chi connectivity index (χ0n) is 17.4. The van der Waals surface area contributed by atoms with Crippen LogP contribution in [0.25, 0.3) is 5.78 Å². The summed E-state index contributed by atoms with van der Waals surface area (Å²) in [5.41, 5.74) is 4.00. The highest BCUT2D eigenvalue weighted by Crippen LogP contribution is 2.23. The van der Waals surface area contributed by atoms with Gasteiger partial charge in [-0.25, -0.2) is 9.50 Å². The molecule has 0 aliphatic heterocycles. The molecule has 7 heteroatoms. The number of hydrogen-bond donors (Lipinski definition) is 1. The number of fused-ring (bicyclic) bond motifs is 1. The summed E-state index contributed by atoms with van der Waals surface area (Å²) < 4.78 is 1.72. The van der Waals surface area contributed by atoms with Crippen molar-refractivity contribution in [3.63, 3.8) is 0 Å². The third-order valence-corrected chi connectivity index (χ3v) is 5.48. The second kappa shape index (κ2) is 9.35. The fourth-order valence-corrected chi connectivity index (χ4v) is 3.67. The van der Waals surface area contributed by atoms with Crippen molar-refractivity contribution in [2.75, 3.05) is 0 Å². The van der Waals surface area contributed by atoms with E-state index in [0.29, 0.717) is 29.6 Å². The lowest BCUT2D eigenvalue weighted by atomic mass is 9.97. The van der Waals surface area contributed by atoms with Gasteiger partial charge in [-0.15, -0.1) is 0 Å². The van der Waals surface area contributed by atoms with Gasteiger partial charge in [-0.05, 0) is 62.3 Å². The van der Waals surface area contributed by atoms with Crippen LogP contribution >= 0.6 is 11.6 Å². The molecule has 0 radical (unpaired) electrons. The first-order valence-corrected chi connectivity index (χ1v) is 10.4. The molecule has 0 bridgehead atoms. The Kier molecular flexibility index (Phi) is 6.85. The maximum absolute atomic E-state index is 12.8. The highest BCUT2D eigenvalue weighted by Gasteiger charge is 2.17. The minimum atomic E-state index is -0.0136. The van der Waals surface area contributed by atoms with E-state index in [1.165, 1.54) is 6.33 Å². The van der Waals surface area contributed by atoms with E-state index in [2.05, 4.69) is 34.2 Å². The van der Waals surface area contributed by atoms with Crippen molar-refractivity contribution in [1.82, 2.24) is 24.9 Å². The summed E-state index contributed by atoms with van der Waals surface area (Å²) in [6, 6.07) is 7.71. The van der Waals surface area contributed by atoms with Crippen molar-refractivity contribution in [3.8, 4) is 0 Å². The van der Waals surface area contributed by atoms with Gasteiger partial charge in [0, 0.05) is 22.8 Å². The van der Waals surface area contributed by atoms with Crippen LogP contribution in [0.2, 0.25) is 5.02 Å². The molecule has 0 saturated heterocycles. The Bertz CT molecular complexity index is 981. The topological polar surface area (TPSA) is 72.2 Å². The first-order chi connectivity index (χ1) is 13.8. The molecule has 154 valence electrons. The molecule has 3 aromatic rings. The Balaban J connectivity index is 1.69. The zero-order chi connectivity index (χ0) is 21.0. The summed E-state index contributed by atoms with van der Waals surface area (Å²) in [7, 11) is 0. The number of aromatic nitrogens is 4. The van der Waals surface area contributed by atoms with E-state index < -0.39 is 0 Å². The monoisotopic (exact) mass is 413 g/mol. The fraction of sp³-hybridized carbons (Fsp3) is 0.455. The van der Waals surface area contributed by atoms with Crippen molar-refractivity contribution in [2.45, 2.75) is 59.4 Å². The van der Waals surface area contributed by atoms with Crippen molar-refractivity contribution in [1.29, 1.82) is 0 Å². The van der Waals surface area contributed by atoms with Crippen LogP contribution in [-0.2, 0) is 11.2 Å². The van der Waals surface area contributed by atoms with Gasteiger partial charge in [-0.2, -0.15) is 10.1 Å². The van der Waals surface area contributed by atoms with Crippen LogP contribution in [0.3, 0.4) is 0 Å². The van der Waals surface area contributed by atoms with Gasteiger partial charge < -0.3 is 5.32 Å². The average molecular weight is 414 g/mol. The summed E-state index contributed by atoms with van der Waals surface area (Å²) in [4.78, 5) is 21.4. The zero-order valence-corrected chi connectivity index (χ0v) is 18.2. The standard InChI is InChI=1S/C22H28ClN5O/c1-14(2)5-11-20(17-6-8-18(23)9-7-17)27-21(29)12-10-19-15(3)26-22-24-13-25-28(22)16(19)4/h6-9,13-14,20H,5,10-12H2,1-4H3,(H,27,29). The normalized spacial score (nSPS) is 12.5. The Morgan fingerprint density at radius 3 is 2.59 bits per heavy atom. The van der Waals surface area contributed by atoms with Gasteiger partial charge >= 0.3 is 0 Å². The summed E-state index contributed by atoms with van der Waals surface area (Å²) in [5.74, 6) is 1.20. The van der Waals surface area contributed by atoms with Crippen LogP contribution in [-0.4, -0.2) is 25.5 Å². The lowest BCUT2D eigenvalue weighted by Gasteiger charge is -2.21. The van der Waals surface area contributed by atoms with Crippen LogP contribution in [0.5, 0.6) is 0 Å². The van der Waals surface area contributed by atoms with Crippen molar-refractivity contribution < 1.29 is 4.79 Å². The summed E-state index contributed by atoms with van der Waals surface area (Å²) in [5, 5.41) is 8.13. The van der Waals surface area contributed by atoms with E-state index in [1.807, 2.05) is 38.1 Å². The molecule has 1 unspecified atom stereocenters. The number of hydrogen-bond acceptors (Lipinski definition) is 4. The maximum Gasteiger partial charge on any atom is 0.252 e. The molecule has 1 amide bonds. The van der Waals surface area contributed by atoms with Crippen LogP contribution < -0.4 is 5.32 Å². The number of rotatable bonds is 8. The second-order valence-corrected chi connectivity index (χ2v) is 8.31. The van der Waals surface area contributed by atoms with Gasteiger partial charge in [0.1, 0.15) is 6.33 Å². The first kappa shape index (κ1) is 21.2. The number of halogens is 1. The first-order valence-electron chi connectivity index (χ1n) is 10.1. The molecule has 0 spiro atoms. The number of aryl methyl sites for hydroxylation is 2. The molecular weight excluding hydrogens is 386 g/mol. The molecule has 1 N–H and O–H groups in total. The molecule has 0 aliphatic rings. The Morgan fingerprint density at radius 2 is 1.90 bits per heavy atom. The number of nitrogens with one attached hydrogen (secondary N) is 1. The molecule has 3 rings (SSSR count). The van der Waals surface area contributed by atoms with E-state index in [4.69, 9.17) is 11.6 Å². The predicted octanol–water partition coefficient (Wildman–Crippen LogP) is 4.62. The quantitative estimate of drug-likeness (QED) is 0.584. The predicted molar refractivity (Wildman–Crippen MR) is 115 cm³/mol. The fourth-order valence-electron chi connectivity index (χ4n) is 3.54. The van der Waals surface area contributed by atoms with E-state index in [9.17, 15) is 4.79 Å². The molecule has 2 heterocycles. The highest BCUT2D eigenvalue weighted by atomic mass is 35.5. The third kappa shape index (κ3) is 5.32. The molecule has 1 atom stereocenters. The summed E-state index contributed by atoms with van der Waals surface area (Å²) in [6.07, 6.45) is 4.45. The van der Waals surface area contributed by atoms with Crippen molar-refractivity contribution >= 4 is 23.3 Å². The molecule has 0 fully saturated rings. The van der Waals surface area contributed by atoms with Gasteiger partial charge in [-0.3, -0.25) is 4.79 Å². The molecule has 29 heavy (non-hydrogen) atoms. The smallest absolute Gasteiger partial charge is 0.252 e. The van der Waals surface area contributed by atoms with Gasteiger partial charge in [0.15, 0.2) is 0 Å². The number of benzene rings is 1. The largest absolute Gasteiger partial charge is 0.349 e. The van der Waals surface area contributed by atoms with Crippen LogP contribution in [0.1, 0.15) is 61.7 Å². The minimum Gasteiger partial charge on any atom is -0.349 e. The molecule has 1 aromatic carbocycles. The SMILES string of the molecule is Cc1nc2ncnn2c(C)c1CCC(=O)NC(CCC(C)C)c1ccc(Cl)cc1. The van der Waals surface area contributed by atoms with Crippen LogP contribution in [0, 0.1) is 19.8 Å². The number of carbonyl (C=O) groups excluding carboxylic acids is 1. The molecule has 2 aromatic heterocycles. The number of amides is 1. The van der Waals surface area contributed by atoms with Crippen molar-refractivity contribution in [3.05, 3.63) is 58.1 Å².